The summed E-state index contributed by atoms with van der Waals surface area (Å²) in [7, 11) is 0. The van der Waals surface area contributed by atoms with E-state index in [9.17, 15) is 5.11 Å². The minimum Gasteiger partial charge on any atom is -0.507 e. The number of hydrogen-bond donors (Lipinski definition) is 1. The first-order valence-electron chi connectivity index (χ1n) is 20.3. The maximum Gasteiger partial charge on any atom is 0.149 e. The SMILES string of the molecule is [2H]C([2H])([2H])c1ccc(-n2c(-c3ccccc3O)nc3c(-c4cc(-c5cc(-c6ccc(C(C)(C)C)cc6)ccn5)cc(C(C)(C)C)c4)cccc32)c(-c2ccccc2)c1. The van der Waals surface area contributed by atoms with Gasteiger partial charge in [0.05, 0.1) is 28.0 Å². The summed E-state index contributed by atoms with van der Waals surface area (Å²) in [6.07, 6.45) is 1.88. The third-order valence-electron chi connectivity index (χ3n) is 10.4. The number of aryl methyl sites for hydroxylation is 1. The number of phenolic OH excluding ortho intramolecular Hbond substituents is 1. The summed E-state index contributed by atoms with van der Waals surface area (Å²) < 4.78 is 26.8. The Morgan fingerprint density at radius 1 is 0.545 bits per heavy atom. The molecule has 2 heterocycles. The van der Waals surface area contributed by atoms with Crippen molar-refractivity contribution in [2.75, 3.05) is 0 Å². The minimum atomic E-state index is -2.30. The summed E-state index contributed by atoms with van der Waals surface area (Å²) in [6, 6.07) is 48.1. The van der Waals surface area contributed by atoms with Crippen LogP contribution in [0.4, 0.5) is 0 Å². The van der Waals surface area contributed by atoms with Crippen molar-refractivity contribution in [3.8, 4) is 67.5 Å². The van der Waals surface area contributed by atoms with Gasteiger partial charge in [0.1, 0.15) is 11.6 Å². The molecule has 2 aromatic heterocycles. The lowest BCUT2D eigenvalue weighted by molar-refractivity contribution is 0.477. The van der Waals surface area contributed by atoms with E-state index in [2.05, 4.69) is 102 Å². The fourth-order valence-corrected chi connectivity index (χ4v) is 7.29. The predicted molar refractivity (Wildman–Crippen MR) is 230 cm³/mol. The molecule has 0 amide bonds. The van der Waals surface area contributed by atoms with Gasteiger partial charge in [0, 0.05) is 27.0 Å². The van der Waals surface area contributed by atoms with Crippen molar-refractivity contribution in [2.24, 2.45) is 0 Å². The van der Waals surface area contributed by atoms with Crippen molar-refractivity contribution in [1.82, 2.24) is 14.5 Å². The zero-order chi connectivity index (χ0) is 41.0. The first kappa shape index (κ1) is 32.2. The summed E-state index contributed by atoms with van der Waals surface area (Å²) in [5.74, 6) is 0.635. The van der Waals surface area contributed by atoms with Crippen LogP contribution >= 0.6 is 0 Å². The Hall–Kier alpha value is -6.26. The van der Waals surface area contributed by atoms with Gasteiger partial charge in [0.15, 0.2) is 0 Å². The van der Waals surface area contributed by atoms with Gasteiger partial charge in [-0.15, -0.1) is 0 Å². The predicted octanol–water partition coefficient (Wildman–Crippen LogP) is 13.4. The van der Waals surface area contributed by atoms with Crippen LogP contribution in [0.1, 0.15) is 62.3 Å². The minimum absolute atomic E-state index is 0.0706. The number of fused-ring (bicyclic) bond motifs is 1. The molecule has 0 saturated heterocycles. The third kappa shape index (κ3) is 6.97. The molecule has 0 unspecified atom stereocenters. The van der Waals surface area contributed by atoms with Gasteiger partial charge in [-0.25, -0.2) is 4.98 Å². The number of benzene rings is 6. The first-order chi connectivity index (χ1) is 27.6. The molecular formula is C51H47N3O. The second-order valence-corrected chi connectivity index (χ2v) is 16.4. The fraction of sp³-hybridized carbons (Fsp3) is 0.176. The normalized spacial score (nSPS) is 13.0. The molecule has 0 radical (unpaired) electrons. The topological polar surface area (TPSA) is 50.9 Å². The summed E-state index contributed by atoms with van der Waals surface area (Å²) in [4.78, 5) is 10.2. The van der Waals surface area contributed by atoms with E-state index >= 15 is 0 Å². The number of phenols is 1. The van der Waals surface area contributed by atoms with Crippen molar-refractivity contribution >= 4 is 11.0 Å². The van der Waals surface area contributed by atoms with Crippen molar-refractivity contribution in [3.63, 3.8) is 0 Å². The molecule has 272 valence electrons. The molecule has 0 aliphatic heterocycles. The highest BCUT2D eigenvalue weighted by Gasteiger charge is 2.23. The molecule has 4 heteroatoms. The fourth-order valence-electron chi connectivity index (χ4n) is 7.29. The third-order valence-corrected chi connectivity index (χ3v) is 10.4. The smallest absolute Gasteiger partial charge is 0.149 e. The van der Waals surface area contributed by atoms with Crippen molar-refractivity contribution in [3.05, 3.63) is 168 Å². The van der Waals surface area contributed by atoms with E-state index in [-0.39, 0.29) is 22.1 Å². The van der Waals surface area contributed by atoms with Gasteiger partial charge in [-0.2, -0.15) is 0 Å². The lowest BCUT2D eigenvalue weighted by atomic mass is 9.83. The molecule has 1 N–H and O–H groups in total. The van der Waals surface area contributed by atoms with E-state index in [0.29, 0.717) is 11.4 Å². The van der Waals surface area contributed by atoms with E-state index in [1.165, 1.54) is 5.56 Å². The Balaban J connectivity index is 1.35. The molecule has 4 nitrogen and oxygen atoms in total. The Labute approximate surface area is 329 Å². The van der Waals surface area contributed by atoms with Crippen LogP contribution in [0.15, 0.2) is 152 Å². The average Bonchev–Trinajstić information content (AvgIpc) is 3.59. The molecule has 0 saturated carbocycles. The molecule has 8 rings (SSSR count). The first-order valence-corrected chi connectivity index (χ1v) is 18.8. The maximum absolute atomic E-state index is 11.3. The Kier molecular flexibility index (Phi) is 8.11. The van der Waals surface area contributed by atoms with E-state index in [1.807, 2.05) is 71.4 Å². The lowest BCUT2D eigenvalue weighted by Gasteiger charge is -2.22. The molecule has 0 spiro atoms. The van der Waals surface area contributed by atoms with Crippen LogP contribution < -0.4 is 0 Å². The Bertz CT molecular complexity index is 2790. The number of rotatable bonds is 6. The maximum atomic E-state index is 11.3. The van der Waals surface area contributed by atoms with Crippen LogP contribution in [0.2, 0.25) is 0 Å². The molecule has 0 fully saturated rings. The van der Waals surface area contributed by atoms with Crippen LogP contribution in [-0.2, 0) is 10.8 Å². The van der Waals surface area contributed by atoms with Crippen LogP contribution in [-0.4, -0.2) is 19.6 Å². The number of aromatic nitrogens is 3. The number of nitrogens with zero attached hydrogens (tertiary/aromatic N) is 3. The summed E-state index contributed by atoms with van der Waals surface area (Å²) in [6.45, 7) is 11.0. The van der Waals surface area contributed by atoms with Crippen molar-refractivity contribution in [1.29, 1.82) is 0 Å². The zero-order valence-corrected chi connectivity index (χ0v) is 32.2. The van der Waals surface area contributed by atoms with Crippen molar-refractivity contribution < 1.29 is 9.22 Å². The van der Waals surface area contributed by atoms with Crippen LogP contribution in [0.25, 0.3) is 72.7 Å². The van der Waals surface area contributed by atoms with Crippen LogP contribution in [0.5, 0.6) is 5.75 Å². The summed E-state index contributed by atoms with van der Waals surface area (Å²) in [5, 5.41) is 11.3. The molecule has 0 aliphatic rings. The van der Waals surface area contributed by atoms with Crippen LogP contribution in [0, 0.1) is 6.85 Å². The molecule has 8 aromatic rings. The van der Waals surface area contributed by atoms with E-state index in [0.717, 1.165) is 66.9 Å². The highest BCUT2D eigenvalue weighted by atomic mass is 16.3. The highest BCUT2D eigenvalue weighted by Crippen LogP contribution is 2.42. The second-order valence-electron chi connectivity index (χ2n) is 16.4. The monoisotopic (exact) mass is 720 g/mol. The van der Waals surface area contributed by atoms with Gasteiger partial charge in [-0.1, -0.05) is 138 Å². The number of aromatic hydroxyl groups is 1. The van der Waals surface area contributed by atoms with Gasteiger partial charge >= 0.3 is 0 Å². The van der Waals surface area contributed by atoms with Gasteiger partial charge in [-0.3, -0.25) is 9.55 Å². The molecule has 0 bridgehead atoms. The van der Waals surface area contributed by atoms with Gasteiger partial charge in [0.2, 0.25) is 0 Å². The van der Waals surface area contributed by atoms with Crippen molar-refractivity contribution in [2.45, 2.75) is 59.2 Å². The van der Waals surface area contributed by atoms with E-state index in [1.54, 1.807) is 24.3 Å². The standard InChI is InChI=1S/C51H47N3O/c1-33-20-25-45(43(28-33)35-14-9-8-10-15-35)54-46-18-13-17-41(48(46)53-49(54)42-16-11-12-19-47(42)55)37-29-38(31-40(30-37)51(5,6)7)44-32-36(26-27-52-44)34-21-23-39(24-22-34)50(2,3)4/h8-32,55H,1-7H3/i1D3. The van der Waals surface area contributed by atoms with Gasteiger partial charge in [-0.05, 0) is 106 Å². The average molecular weight is 721 g/mol. The molecule has 6 aromatic carbocycles. The Morgan fingerprint density at radius 3 is 1.98 bits per heavy atom. The molecule has 0 aliphatic carbocycles. The van der Waals surface area contributed by atoms with E-state index in [4.69, 9.17) is 14.1 Å². The number of hydrogen-bond acceptors (Lipinski definition) is 3. The largest absolute Gasteiger partial charge is 0.507 e. The van der Waals surface area contributed by atoms with Gasteiger partial charge in [0.25, 0.3) is 0 Å². The number of imidazole rings is 1. The molecule has 55 heavy (non-hydrogen) atoms. The Morgan fingerprint density at radius 2 is 1.25 bits per heavy atom. The highest BCUT2D eigenvalue weighted by molar-refractivity contribution is 5.97. The van der Waals surface area contributed by atoms with E-state index < -0.39 is 6.85 Å². The lowest BCUT2D eigenvalue weighted by Crippen LogP contribution is -2.11. The van der Waals surface area contributed by atoms with Gasteiger partial charge < -0.3 is 5.11 Å². The summed E-state index contributed by atoms with van der Waals surface area (Å²) in [5.41, 5.74) is 13.1. The number of para-hydroxylation sites is 2. The summed E-state index contributed by atoms with van der Waals surface area (Å²) >= 11 is 0. The molecular weight excluding hydrogens is 671 g/mol. The van der Waals surface area contributed by atoms with Crippen LogP contribution in [0.3, 0.4) is 0 Å². The quantitative estimate of drug-likeness (QED) is 0.186. The number of pyridine rings is 1. The second kappa shape index (κ2) is 13.9. The zero-order valence-electron chi connectivity index (χ0n) is 35.2. The molecule has 0 atom stereocenters.